The predicted octanol–water partition coefficient (Wildman–Crippen LogP) is 0.432. The highest BCUT2D eigenvalue weighted by Crippen LogP contribution is 2.26. The smallest absolute Gasteiger partial charge is 0.292 e. The standard InChI is InChI=1S/C25H29N3O2/c1-19-10-11-22(20(2)17-19)28-24(29)18-23(25(28)30)27-15-13-26(14-16-27)12-6-9-21-7-4-3-5-8-21/h3-11,17,23H,12-16,18H2,1-2H3/p+2/b9-6+/t23-/m0/s1. The first-order valence-electron chi connectivity index (χ1n) is 10.9. The number of aryl methyl sites for hydroxylation is 2. The Morgan fingerprint density at radius 3 is 2.43 bits per heavy atom. The average Bonchev–Trinajstić information content (AvgIpc) is 3.04. The molecule has 30 heavy (non-hydrogen) atoms. The van der Waals surface area contributed by atoms with Crippen molar-refractivity contribution < 1.29 is 19.4 Å². The zero-order chi connectivity index (χ0) is 21.1. The van der Waals surface area contributed by atoms with E-state index in [4.69, 9.17) is 0 Å². The Hall–Kier alpha value is -2.76. The monoisotopic (exact) mass is 405 g/mol. The first-order valence-corrected chi connectivity index (χ1v) is 10.9. The molecule has 2 heterocycles. The fourth-order valence-corrected chi connectivity index (χ4v) is 4.66. The molecular formula is C25H31N3O2+2. The first kappa shape index (κ1) is 20.5. The maximum atomic E-state index is 13.1. The summed E-state index contributed by atoms with van der Waals surface area (Å²) in [4.78, 5) is 30.0. The van der Waals surface area contributed by atoms with Crippen LogP contribution in [0.25, 0.3) is 6.08 Å². The van der Waals surface area contributed by atoms with Crippen LogP contribution in [0.2, 0.25) is 0 Å². The fraction of sp³-hybridized carbons (Fsp3) is 0.360. The molecule has 2 aliphatic rings. The van der Waals surface area contributed by atoms with Gasteiger partial charge in [0.25, 0.3) is 5.91 Å². The molecule has 2 saturated heterocycles. The fourth-order valence-electron chi connectivity index (χ4n) is 4.66. The van der Waals surface area contributed by atoms with Gasteiger partial charge in [-0.15, -0.1) is 0 Å². The molecule has 0 spiro atoms. The van der Waals surface area contributed by atoms with E-state index in [1.54, 1.807) is 0 Å². The molecule has 0 unspecified atom stereocenters. The number of hydrogen-bond acceptors (Lipinski definition) is 2. The van der Waals surface area contributed by atoms with Crippen molar-refractivity contribution in [2.45, 2.75) is 26.3 Å². The Balaban J connectivity index is 1.34. The second-order valence-electron chi connectivity index (χ2n) is 8.54. The lowest BCUT2D eigenvalue weighted by molar-refractivity contribution is -1.02. The highest BCUT2D eigenvalue weighted by Gasteiger charge is 2.47. The third kappa shape index (κ3) is 4.37. The summed E-state index contributed by atoms with van der Waals surface area (Å²) in [6.07, 6.45) is 4.74. The lowest BCUT2D eigenvalue weighted by Crippen LogP contribution is -3.30. The molecule has 0 aliphatic carbocycles. The third-order valence-electron chi connectivity index (χ3n) is 6.35. The maximum absolute atomic E-state index is 13.1. The van der Waals surface area contributed by atoms with Crippen LogP contribution in [0.5, 0.6) is 0 Å². The van der Waals surface area contributed by atoms with Gasteiger partial charge in [0.15, 0.2) is 6.04 Å². The van der Waals surface area contributed by atoms with E-state index in [2.05, 4.69) is 36.4 Å². The second-order valence-corrected chi connectivity index (χ2v) is 8.54. The normalized spacial score (nSPS) is 24.7. The van der Waals surface area contributed by atoms with Crippen LogP contribution in [0.15, 0.2) is 54.6 Å². The Morgan fingerprint density at radius 2 is 1.73 bits per heavy atom. The molecule has 2 amide bonds. The predicted molar refractivity (Wildman–Crippen MR) is 119 cm³/mol. The van der Waals surface area contributed by atoms with Crippen LogP contribution in [0, 0.1) is 13.8 Å². The molecule has 0 saturated carbocycles. The Bertz CT molecular complexity index is 946. The van der Waals surface area contributed by atoms with E-state index >= 15 is 0 Å². The summed E-state index contributed by atoms with van der Waals surface area (Å²) in [5.41, 5.74) is 4.08. The number of anilines is 1. The molecule has 4 rings (SSSR count). The highest BCUT2D eigenvalue weighted by molar-refractivity contribution is 6.22. The third-order valence-corrected chi connectivity index (χ3v) is 6.35. The average molecular weight is 406 g/mol. The lowest BCUT2D eigenvalue weighted by atomic mass is 10.1. The highest BCUT2D eigenvalue weighted by atomic mass is 16.2. The van der Waals surface area contributed by atoms with Gasteiger partial charge in [0.2, 0.25) is 5.91 Å². The van der Waals surface area contributed by atoms with Gasteiger partial charge >= 0.3 is 0 Å². The van der Waals surface area contributed by atoms with Crippen LogP contribution in [0.4, 0.5) is 5.69 Å². The van der Waals surface area contributed by atoms with Crippen molar-refractivity contribution in [3.05, 3.63) is 71.3 Å². The number of imide groups is 1. The number of quaternary nitrogens is 2. The first-order chi connectivity index (χ1) is 14.5. The molecule has 2 aromatic carbocycles. The molecule has 0 radical (unpaired) electrons. The summed E-state index contributed by atoms with van der Waals surface area (Å²) >= 11 is 0. The van der Waals surface area contributed by atoms with Crippen LogP contribution in [-0.4, -0.2) is 50.6 Å². The lowest BCUT2D eigenvalue weighted by Gasteiger charge is -2.31. The van der Waals surface area contributed by atoms with Gasteiger partial charge in [-0.2, -0.15) is 0 Å². The molecule has 5 nitrogen and oxygen atoms in total. The number of carbonyl (C=O) groups excluding carboxylic acids is 2. The van der Waals surface area contributed by atoms with Crippen molar-refractivity contribution >= 4 is 23.6 Å². The molecule has 2 aromatic rings. The molecule has 2 fully saturated rings. The minimum atomic E-state index is -0.236. The zero-order valence-corrected chi connectivity index (χ0v) is 17.9. The van der Waals surface area contributed by atoms with Crippen LogP contribution in [-0.2, 0) is 9.59 Å². The number of carbonyl (C=O) groups is 2. The van der Waals surface area contributed by atoms with Crippen molar-refractivity contribution in [1.29, 1.82) is 0 Å². The number of nitrogens with one attached hydrogen (secondary N) is 2. The van der Waals surface area contributed by atoms with Gasteiger partial charge in [-0.05, 0) is 37.1 Å². The second kappa shape index (κ2) is 8.94. The Labute approximate surface area is 178 Å². The SMILES string of the molecule is Cc1ccc(N2C(=O)C[C@H]([NH+]3CC[NH+](C/C=C/c4ccccc4)CC3)C2=O)c(C)c1. The van der Waals surface area contributed by atoms with Crippen molar-refractivity contribution in [3.8, 4) is 0 Å². The van der Waals surface area contributed by atoms with Crippen LogP contribution < -0.4 is 14.7 Å². The summed E-state index contributed by atoms with van der Waals surface area (Å²) in [5.74, 6) is -0.0978. The number of rotatable bonds is 5. The van der Waals surface area contributed by atoms with E-state index in [0.717, 1.165) is 49.5 Å². The summed E-state index contributed by atoms with van der Waals surface area (Å²) < 4.78 is 0. The van der Waals surface area contributed by atoms with Gasteiger partial charge in [0.1, 0.15) is 26.2 Å². The molecule has 156 valence electrons. The summed E-state index contributed by atoms with van der Waals surface area (Å²) in [6.45, 7) is 8.89. The minimum Gasteiger partial charge on any atom is -0.322 e. The van der Waals surface area contributed by atoms with E-state index in [-0.39, 0.29) is 17.9 Å². The van der Waals surface area contributed by atoms with E-state index in [1.807, 2.05) is 38.1 Å². The van der Waals surface area contributed by atoms with Gasteiger partial charge in [-0.1, -0.05) is 54.1 Å². The van der Waals surface area contributed by atoms with Crippen LogP contribution in [0.1, 0.15) is 23.1 Å². The molecular weight excluding hydrogens is 374 g/mol. The molecule has 5 heteroatoms. The van der Waals surface area contributed by atoms with E-state index in [0.29, 0.717) is 6.42 Å². The number of benzene rings is 2. The number of hydrogen-bond donors (Lipinski definition) is 2. The maximum Gasteiger partial charge on any atom is 0.292 e. The van der Waals surface area contributed by atoms with Gasteiger partial charge in [0.05, 0.1) is 18.7 Å². The molecule has 1 atom stereocenters. The van der Waals surface area contributed by atoms with Gasteiger partial charge in [-0.3, -0.25) is 9.59 Å². The Kier molecular flexibility index (Phi) is 6.11. The van der Waals surface area contributed by atoms with Crippen molar-refractivity contribution in [2.24, 2.45) is 0 Å². The largest absolute Gasteiger partial charge is 0.322 e. The van der Waals surface area contributed by atoms with Crippen LogP contribution >= 0.6 is 0 Å². The van der Waals surface area contributed by atoms with Crippen LogP contribution in [0.3, 0.4) is 0 Å². The number of piperazine rings is 1. The van der Waals surface area contributed by atoms with Crippen molar-refractivity contribution in [3.63, 3.8) is 0 Å². The summed E-state index contributed by atoms with van der Waals surface area (Å²) in [7, 11) is 0. The quantitative estimate of drug-likeness (QED) is 0.709. The minimum absolute atomic E-state index is 0.0330. The van der Waals surface area contributed by atoms with Gasteiger partial charge < -0.3 is 9.80 Å². The Morgan fingerprint density at radius 1 is 1.00 bits per heavy atom. The summed E-state index contributed by atoms with van der Waals surface area (Å²) in [5, 5.41) is 0. The molecule has 0 bridgehead atoms. The molecule has 2 N–H and O–H groups in total. The topological polar surface area (TPSA) is 46.3 Å². The van der Waals surface area contributed by atoms with Gasteiger partial charge in [0, 0.05) is 0 Å². The van der Waals surface area contributed by atoms with Gasteiger partial charge in [-0.25, -0.2) is 4.90 Å². The van der Waals surface area contributed by atoms with E-state index in [1.165, 1.54) is 20.3 Å². The zero-order valence-electron chi connectivity index (χ0n) is 17.9. The molecule has 2 aliphatic heterocycles. The van der Waals surface area contributed by atoms with Crippen molar-refractivity contribution in [2.75, 3.05) is 37.6 Å². The number of nitrogens with zero attached hydrogens (tertiary/aromatic N) is 1. The van der Waals surface area contributed by atoms with E-state index < -0.39 is 0 Å². The number of amides is 2. The molecule has 0 aromatic heterocycles. The van der Waals surface area contributed by atoms with E-state index in [9.17, 15) is 9.59 Å². The summed E-state index contributed by atoms with van der Waals surface area (Å²) in [6, 6.07) is 16.0. The van der Waals surface area contributed by atoms with Crippen molar-refractivity contribution in [1.82, 2.24) is 0 Å².